The second-order valence-corrected chi connectivity index (χ2v) is 5.72. The van der Waals surface area contributed by atoms with E-state index in [9.17, 15) is 8.42 Å². The van der Waals surface area contributed by atoms with Crippen LogP contribution in [0.5, 0.6) is 0 Å². The molecule has 7 heteroatoms. The molecule has 0 unspecified atom stereocenters. The zero-order valence-corrected chi connectivity index (χ0v) is 11.3. The topological polar surface area (TPSA) is 109 Å². The third kappa shape index (κ3) is 3.12. The number of nitrogens with two attached hydrogens (primary N) is 1. The number of aromatic nitrogens is 1. The molecule has 1 aromatic carbocycles. The number of nitrogens with one attached hydrogen (secondary N) is 1. The van der Waals surface area contributed by atoms with E-state index >= 15 is 0 Å². The monoisotopic (exact) mass is 288 g/mol. The number of anilines is 1. The lowest BCUT2D eigenvalue weighted by atomic mass is 10.1. The lowest BCUT2D eigenvalue weighted by molar-refractivity contribution is 0.578. The molecule has 6 nitrogen and oxygen atoms in total. The highest BCUT2D eigenvalue weighted by atomic mass is 32.2. The van der Waals surface area contributed by atoms with Crippen LogP contribution in [-0.2, 0) is 16.6 Å². The van der Waals surface area contributed by atoms with Crippen LogP contribution < -0.4 is 10.5 Å². The fourth-order valence-corrected chi connectivity index (χ4v) is 2.70. The predicted octanol–water partition coefficient (Wildman–Crippen LogP) is 1.01. The molecule has 0 atom stereocenters. The molecular formula is C13H12N4O2S. The molecule has 0 aliphatic carbocycles. The van der Waals surface area contributed by atoms with E-state index < -0.39 is 10.0 Å². The van der Waals surface area contributed by atoms with Gasteiger partial charge >= 0.3 is 0 Å². The van der Waals surface area contributed by atoms with Gasteiger partial charge in [-0.2, -0.15) is 5.26 Å². The number of hydrogen-bond acceptors (Lipinski definition) is 5. The summed E-state index contributed by atoms with van der Waals surface area (Å²) in [6.45, 7) is 0.0634. The van der Waals surface area contributed by atoms with Crippen molar-refractivity contribution in [1.82, 2.24) is 9.71 Å². The molecule has 1 aromatic heterocycles. The number of nitrogen functional groups attached to an aromatic ring is 1. The van der Waals surface area contributed by atoms with Crippen molar-refractivity contribution in [3.63, 3.8) is 0 Å². The van der Waals surface area contributed by atoms with Crippen molar-refractivity contribution < 1.29 is 8.42 Å². The minimum atomic E-state index is -3.78. The van der Waals surface area contributed by atoms with E-state index in [1.54, 1.807) is 30.3 Å². The van der Waals surface area contributed by atoms with Crippen molar-refractivity contribution in [2.75, 3.05) is 5.73 Å². The first-order valence-electron chi connectivity index (χ1n) is 5.72. The summed E-state index contributed by atoms with van der Waals surface area (Å²) in [7, 11) is -3.78. The van der Waals surface area contributed by atoms with Crippen LogP contribution in [-0.4, -0.2) is 13.4 Å². The molecule has 2 rings (SSSR count). The third-order valence-corrected chi connectivity index (χ3v) is 3.95. The first-order chi connectivity index (χ1) is 9.53. The number of pyridine rings is 1. The van der Waals surface area contributed by atoms with E-state index in [2.05, 4.69) is 9.71 Å². The first-order valence-corrected chi connectivity index (χ1v) is 7.20. The predicted molar refractivity (Wildman–Crippen MR) is 73.8 cm³/mol. The van der Waals surface area contributed by atoms with E-state index in [1.807, 2.05) is 6.07 Å². The minimum absolute atomic E-state index is 0.0634. The number of hydrogen-bond donors (Lipinski definition) is 2. The molecule has 2 aromatic rings. The number of sulfonamides is 1. The SMILES string of the molecule is N#Cc1cccc(CNS(=O)(=O)c2ncccc2N)c1. The second kappa shape index (κ2) is 5.69. The standard InChI is InChI=1S/C13H12N4O2S/c14-8-10-3-1-4-11(7-10)9-17-20(18,19)13-12(15)5-2-6-16-13/h1-7,17H,9,15H2. The Kier molecular flexibility index (Phi) is 3.98. The smallest absolute Gasteiger partial charge is 0.260 e. The van der Waals surface area contributed by atoms with Crippen LogP contribution in [0.4, 0.5) is 5.69 Å². The van der Waals surface area contributed by atoms with E-state index in [4.69, 9.17) is 11.0 Å². The summed E-state index contributed by atoms with van der Waals surface area (Å²) in [5.41, 5.74) is 6.84. The fourth-order valence-electron chi connectivity index (χ4n) is 1.63. The summed E-state index contributed by atoms with van der Waals surface area (Å²) in [6.07, 6.45) is 1.36. The van der Waals surface area contributed by atoms with Gasteiger partial charge in [-0.1, -0.05) is 12.1 Å². The van der Waals surface area contributed by atoms with Gasteiger partial charge in [-0.15, -0.1) is 0 Å². The van der Waals surface area contributed by atoms with Crippen LogP contribution in [0.25, 0.3) is 0 Å². The Hall–Kier alpha value is -2.43. The number of rotatable bonds is 4. The molecule has 20 heavy (non-hydrogen) atoms. The Balaban J connectivity index is 2.18. The number of nitriles is 1. The van der Waals surface area contributed by atoms with Gasteiger partial charge in [0.1, 0.15) is 0 Å². The molecular weight excluding hydrogens is 276 g/mol. The molecule has 1 heterocycles. The summed E-state index contributed by atoms with van der Waals surface area (Å²) in [5, 5.41) is 8.59. The minimum Gasteiger partial charge on any atom is -0.396 e. The van der Waals surface area contributed by atoms with E-state index in [0.717, 1.165) is 0 Å². The van der Waals surface area contributed by atoms with Gasteiger partial charge in [0.05, 0.1) is 17.3 Å². The third-order valence-electron chi connectivity index (χ3n) is 2.58. The van der Waals surface area contributed by atoms with Gasteiger partial charge in [-0.3, -0.25) is 0 Å². The van der Waals surface area contributed by atoms with Gasteiger partial charge in [-0.25, -0.2) is 18.1 Å². The Bertz CT molecular complexity index is 766. The highest BCUT2D eigenvalue weighted by Crippen LogP contribution is 2.14. The van der Waals surface area contributed by atoms with Crippen molar-refractivity contribution in [2.45, 2.75) is 11.6 Å². The molecule has 0 amide bonds. The van der Waals surface area contributed by atoms with E-state index in [-0.39, 0.29) is 17.3 Å². The van der Waals surface area contributed by atoms with Gasteiger partial charge in [0, 0.05) is 12.7 Å². The van der Waals surface area contributed by atoms with Crippen LogP contribution in [0, 0.1) is 11.3 Å². The normalized spacial score (nSPS) is 10.9. The van der Waals surface area contributed by atoms with Crippen molar-refractivity contribution in [1.29, 1.82) is 5.26 Å². The lowest BCUT2D eigenvalue weighted by Gasteiger charge is -2.08. The van der Waals surface area contributed by atoms with E-state index in [1.165, 1.54) is 12.3 Å². The summed E-state index contributed by atoms with van der Waals surface area (Å²) in [6, 6.07) is 11.7. The highest BCUT2D eigenvalue weighted by molar-refractivity contribution is 7.89. The summed E-state index contributed by atoms with van der Waals surface area (Å²) < 4.78 is 26.5. The van der Waals surface area contributed by atoms with Gasteiger partial charge in [0.25, 0.3) is 10.0 Å². The van der Waals surface area contributed by atoms with Crippen LogP contribution in [0.3, 0.4) is 0 Å². The van der Waals surface area contributed by atoms with Crippen molar-refractivity contribution in [3.05, 3.63) is 53.7 Å². The summed E-state index contributed by atoms with van der Waals surface area (Å²) in [5.74, 6) is 0. The van der Waals surface area contributed by atoms with Crippen molar-refractivity contribution in [3.8, 4) is 6.07 Å². The first kappa shape index (κ1) is 14.0. The second-order valence-electron chi connectivity index (χ2n) is 4.03. The van der Waals surface area contributed by atoms with Crippen LogP contribution >= 0.6 is 0 Å². The zero-order chi connectivity index (χ0) is 14.6. The molecule has 3 N–H and O–H groups in total. The van der Waals surface area contributed by atoms with Gasteiger partial charge in [-0.05, 0) is 29.8 Å². The number of nitrogens with zero attached hydrogens (tertiary/aromatic N) is 2. The highest BCUT2D eigenvalue weighted by Gasteiger charge is 2.18. The molecule has 0 saturated carbocycles. The van der Waals surface area contributed by atoms with Crippen LogP contribution in [0.2, 0.25) is 0 Å². The molecule has 0 aliphatic rings. The molecule has 0 spiro atoms. The summed E-state index contributed by atoms with van der Waals surface area (Å²) >= 11 is 0. The maximum Gasteiger partial charge on any atom is 0.260 e. The van der Waals surface area contributed by atoms with Crippen molar-refractivity contribution >= 4 is 15.7 Å². The Morgan fingerprint density at radius 2 is 2.10 bits per heavy atom. The molecule has 0 fully saturated rings. The molecule has 0 bridgehead atoms. The maximum atomic E-state index is 12.1. The quantitative estimate of drug-likeness (QED) is 0.872. The van der Waals surface area contributed by atoms with Gasteiger partial charge < -0.3 is 5.73 Å². The molecule has 102 valence electrons. The van der Waals surface area contributed by atoms with Gasteiger partial charge in [0.2, 0.25) is 0 Å². The number of benzene rings is 1. The molecule has 0 radical (unpaired) electrons. The van der Waals surface area contributed by atoms with Crippen LogP contribution in [0.15, 0.2) is 47.6 Å². The largest absolute Gasteiger partial charge is 0.396 e. The Morgan fingerprint density at radius 3 is 2.80 bits per heavy atom. The lowest BCUT2D eigenvalue weighted by Crippen LogP contribution is -2.25. The zero-order valence-electron chi connectivity index (χ0n) is 10.4. The Morgan fingerprint density at radius 1 is 1.30 bits per heavy atom. The summed E-state index contributed by atoms with van der Waals surface area (Å²) in [4.78, 5) is 3.77. The Labute approximate surface area is 116 Å². The average molecular weight is 288 g/mol. The molecule has 0 aliphatic heterocycles. The fraction of sp³-hybridized carbons (Fsp3) is 0.0769. The van der Waals surface area contributed by atoms with Gasteiger partial charge in [0.15, 0.2) is 5.03 Å². The molecule has 0 saturated heterocycles. The van der Waals surface area contributed by atoms with Crippen molar-refractivity contribution in [2.24, 2.45) is 0 Å². The average Bonchev–Trinajstić information content (AvgIpc) is 2.46. The van der Waals surface area contributed by atoms with Crippen LogP contribution in [0.1, 0.15) is 11.1 Å². The maximum absolute atomic E-state index is 12.1. The van der Waals surface area contributed by atoms with E-state index in [0.29, 0.717) is 11.1 Å².